The molecule has 2 aromatic rings. The first-order valence-electron chi connectivity index (χ1n) is 4.48. The van der Waals surface area contributed by atoms with Gasteiger partial charge in [0.2, 0.25) is 12.0 Å². The Kier molecular flexibility index (Phi) is 2.80. The summed E-state index contributed by atoms with van der Waals surface area (Å²) in [6.45, 7) is 0. The van der Waals surface area contributed by atoms with Crippen LogP contribution in [0.15, 0.2) is 22.6 Å². The molecule has 0 aliphatic rings. The van der Waals surface area contributed by atoms with Crippen molar-refractivity contribution in [3.63, 3.8) is 0 Å². The van der Waals surface area contributed by atoms with Crippen LogP contribution in [0.1, 0.15) is 17.6 Å². The van der Waals surface area contributed by atoms with Gasteiger partial charge in [-0.1, -0.05) is 6.07 Å². The number of aliphatic hydroxyl groups excluding tert-OH is 1. The number of oxazole rings is 1. The summed E-state index contributed by atoms with van der Waals surface area (Å²) in [6, 6.07) is 5.08. The molecule has 1 heterocycles. The molecular weight excluding hydrogens is 234 g/mol. The molecule has 2 rings (SSSR count). The number of benzene rings is 1. The lowest BCUT2D eigenvalue weighted by molar-refractivity contribution is -0.148. The topological polar surface area (TPSA) is 83.6 Å². The second-order valence-corrected chi connectivity index (χ2v) is 3.50. The average molecular weight is 242 g/mol. The van der Waals surface area contributed by atoms with Crippen LogP contribution in [0.3, 0.4) is 0 Å². The second kappa shape index (κ2) is 4.11. The fourth-order valence-electron chi connectivity index (χ4n) is 1.29. The molecule has 1 unspecified atom stereocenters. The molecular formula is C10H8ClNO4. The number of carbonyl (C=O) groups is 1. The van der Waals surface area contributed by atoms with Gasteiger partial charge in [0.25, 0.3) is 0 Å². The van der Waals surface area contributed by atoms with Crippen molar-refractivity contribution >= 4 is 28.7 Å². The Morgan fingerprint density at radius 1 is 1.56 bits per heavy atom. The van der Waals surface area contributed by atoms with Gasteiger partial charge in [0.05, 0.1) is 0 Å². The number of aliphatic carboxylic acids is 1. The van der Waals surface area contributed by atoms with E-state index >= 15 is 0 Å². The summed E-state index contributed by atoms with van der Waals surface area (Å²) in [6.07, 6.45) is -1.74. The molecule has 0 amide bonds. The lowest BCUT2D eigenvalue weighted by atomic mass is 10.2. The Bertz CT molecular complexity index is 537. The molecule has 2 N–H and O–H groups in total. The molecule has 5 nitrogen and oxygen atoms in total. The van der Waals surface area contributed by atoms with Gasteiger partial charge in [-0.15, -0.1) is 11.6 Å². The van der Waals surface area contributed by atoms with Crippen LogP contribution in [-0.4, -0.2) is 21.2 Å². The number of hydrogen-bond donors (Lipinski definition) is 2. The Balaban J connectivity index is 2.47. The van der Waals surface area contributed by atoms with E-state index < -0.39 is 12.1 Å². The van der Waals surface area contributed by atoms with Gasteiger partial charge in [-0.25, -0.2) is 9.78 Å². The van der Waals surface area contributed by atoms with Gasteiger partial charge in [-0.2, -0.15) is 0 Å². The zero-order chi connectivity index (χ0) is 11.7. The first-order valence-corrected chi connectivity index (χ1v) is 5.01. The molecule has 0 saturated heterocycles. The first-order chi connectivity index (χ1) is 7.61. The van der Waals surface area contributed by atoms with Crippen LogP contribution in [0.4, 0.5) is 0 Å². The van der Waals surface area contributed by atoms with E-state index in [1.165, 1.54) is 0 Å². The fraction of sp³-hybridized carbons (Fsp3) is 0.200. The number of rotatable bonds is 3. The van der Waals surface area contributed by atoms with Crippen molar-refractivity contribution < 1.29 is 19.4 Å². The maximum Gasteiger partial charge on any atom is 0.342 e. The molecule has 0 radical (unpaired) electrons. The van der Waals surface area contributed by atoms with Crippen molar-refractivity contribution in [2.45, 2.75) is 12.0 Å². The zero-order valence-corrected chi connectivity index (χ0v) is 8.81. The van der Waals surface area contributed by atoms with Gasteiger partial charge in [0.1, 0.15) is 5.52 Å². The van der Waals surface area contributed by atoms with Crippen LogP contribution < -0.4 is 0 Å². The highest BCUT2D eigenvalue weighted by atomic mass is 35.5. The number of hydrogen-bond acceptors (Lipinski definition) is 4. The highest BCUT2D eigenvalue weighted by molar-refractivity contribution is 6.17. The summed E-state index contributed by atoms with van der Waals surface area (Å²) < 4.78 is 5.13. The van der Waals surface area contributed by atoms with Crippen molar-refractivity contribution in [3.8, 4) is 0 Å². The van der Waals surface area contributed by atoms with E-state index in [4.69, 9.17) is 21.1 Å². The van der Waals surface area contributed by atoms with Gasteiger partial charge >= 0.3 is 5.97 Å². The van der Waals surface area contributed by atoms with E-state index in [2.05, 4.69) is 4.98 Å². The van der Waals surface area contributed by atoms with E-state index in [1.807, 2.05) is 0 Å². The summed E-state index contributed by atoms with van der Waals surface area (Å²) in [5, 5.41) is 17.8. The van der Waals surface area contributed by atoms with Crippen molar-refractivity contribution in [1.29, 1.82) is 0 Å². The van der Waals surface area contributed by atoms with Gasteiger partial charge < -0.3 is 14.6 Å². The maximum absolute atomic E-state index is 10.5. The molecule has 0 aliphatic carbocycles. The number of aliphatic hydroxyl groups is 1. The van der Waals surface area contributed by atoms with Gasteiger partial charge in [-0.05, 0) is 17.7 Å². The molecule has 0 fully saturated rings. The van der Waals surface area contributed by atoms with E-state index in [1.54, 1.807) is 18.2 Å². The largest absolute Gasteiger partial charge is 0.479 e. The molecule has 0 saturated carbocycles. The molecule has 0 bridgehead atoms. The number of carboxylic acids is 1. The number of fused-ring (bicyclic) bond motifs is 1. The van der Waals surface area contributed by atoms with Crippen LogP contribution in [0.5, 0.6) is 0 Å². The van der Waals surface area contributed by atoms with E-state index in [9.17, 15) is 9.90 Å². The Labute approximate surface area is 95.3 Å². The number of aromatic nitrogens is 1. The summed E-state index contributed by atoms with van der Waals surface area (Å²) in [7, 11) is 0. The van der Waals surface area contributed by atoms with Crippen LogP contribution in [0.2, 0.25) is 0 Å². The lowest BCUT2D eigenvalue weighted by Crippen LogP contribution is -2.10. The molecule has 1 aromatic carbocycles. The van der Waals surface area contributed by atoms with E-state index in [0.717, 1.165) is 5.56 Å². The SMILES string of the molecule is O=C(O)C(O)c1nc2ccc(CCl)cc2o1. The third-order valence-corrected chi connectivity index (χ3v) is 2.40. The minimum atomic E-state index is -1.74. The molecule has 6 heteroatoms. The second-order valence-electron chi connectivity index (χ2n) is 3.23. The number of nitrogens with zero attached hydrogens (tertiary/aromatic N) is 1. The Morgan fingerprint density at radius 3 is 2.94 bits per heavy atom. The molecule has 0 aliphatic heterocycles. The number of carboxylic acid groups (broad SMARTS) is 1. The fourth-order valence-corrected chi connectivity index (χ4v) is 1.46. The quantitative estimate of drug-likeness (QED) is 0.799. The van der Waals surface area contributed by atoms with Crippen LogP contribution >= 0.6 is 11.6 Å². The number of alkyl halides is 1. The molecule has 1 aromatic heterocycles. The van der Waals surface area contributed by atoms with Crippen molar-refractivity contribution in [2.75, 3.05) is 0 Å². The van der Waals surface area contributed by atoms with Crippen molar-refractivity contribution in [1.82, 2.24) is 4.98 Å². The predicted molar refractivity (Wildman–Crippen MR) is 56.2 cm³/mol. The van der Waals surface area contributed by atoms with Crippen molar-refractivity contribution in [3.05, 3.63) is 29.7 Å². The molecule has 1 atom stereocenters. The average Bonchev–Trinajstić information content (AvgIpc) is 2.69. The number of halogens is 1. The zero-order valence-electron chi connectivity index (χ0n) is 8.05. The minimum absolute atomic E-state index is 0.228. The molecule has 84 valence electrons. The summed E-state index contributed by atoms with van der Waals surface area (Å²) in [4.78, 5) is 14.4. The predicted octanol–water partition coefficient (Wildman–Crippen LogP) is 1.68. The highest BCUT2D eigenvalue weighted by Crippen LogP contribution is 2.22. The third-order valence-electron chi connectivity index (χ3n) is 2.09. The monoisotopic (exact) mass is 241 g/mol. The smallest absolute Gasteiger partial charge is 0.342 e. The van der Waals surface area contributed by atoms with E-state index in [-0.39, 0.29) is 5.89 Å². The van der Waals surface area contributed by atoms with E-state index in [0.29, 0.717) is 17.0 Å². The highest BCUT2D eigenvalue weighted by Gasteiger charge is 2.22. The summed E-state index contributed by atoms with van der Waals surface area (Å²) in [5.74, 6) is -1.30. The van der Waals surface area contributed by atoms with Gasteiger partial charge in [0, 0.05) is 5.88 Å². The third kappa shape index (κ3) is 1.87. The summed E-state index contributed by atoms with van der Waals surface area (Å²) >= 11 is 5.64. The van der Waals surface area contributed by atoms with Crippen LogP contribution in [0.25, 0.3) is 11.1 Å². The Morgan fingerprint density at radius 2 is 2.31 bits per heavy atom. The first kappa shape index (κ1) is 10.9. The Hall–Kier alpha value is -1.59. The van der Waals surface area contributed by atoms with Crippen LogP contribution in [-0.2, 0) is 10.7 Å². The molecule has 16 heavy (non-hydrogen) atoms. The van der Waals surface area contributed by atoms with Gasteiger partial charge in [-0.3, -0.25) is 0 Å². The summed E-state index contributed by atoms with van der Waals surface area (Å²) in [5.41, 5.74) is 1.74. The lowest BCUT2D eigenvalue weighted by Gasteiger charge is -1.97. The van der Waals surface area contributed by atoms with Crippen molar-refractivity contribution in [2.24, 2.45) is 0 Å². The normalized spacial score (nSPS) is 12.9. The molecule has 0 spiro atoms. The minimum Gasteiger partial charge on any atom is -0.479 e. The van der Waals surface area contributed by atoms with Gasteiger partial charge in [0.15, 0.2) is 5.58 Å². The maximum atomic E-state index is 10.5. The van der Waals surface area contributed by atoms with Crippen LogP contribution in [0, 0.1) is 0 Å². The standard InChI is InChI=1S/C10H8ClNO4/c11-4-5-1-2-6-7(3-5)16-9(12-6)8(13)10(14)15/h1-3,8,13H,4H2,(H,14,15).